The Kier molecular flexibility index (Phi) is 7.90. The van der Waals surface area contributed by atoms with Crippen LogP contribution in [0.25, 0.3) is 10.8 Å². The number of carboxylic acids is 1. The number of nitrogens with zero attached hydrogens (tertiary/aromatic N) is 1. The van der Waals surface area contributed by atoms with Crippen LogP contribution in [0.4, 0.5) is 0 Å². The minimum absolute atomic E-state index is 0.174. The first-order chi connectivity index (χ1) is 15.8. The summed E-state index contributed by atoms with van der Waals surface area (Å²) in [5.41, 5.74) is 0.228. The van der Waals surface area contributed by atoms with E-state index in [1.54, 1.807) is 29.6 Å². The average Bonchev–Trinajstić information content (AvgIpc) is 3.43. The molecular formula is C26H27NO5S. The van der Waals surface area contributed by atoms with Gasteiger partial charge >= 0.3 is 5.97 Å². The Morgan fingerprint density at radius 3 is 2.70 bits per heavy atom. The Bertz CT molecular complexity index is 1130. The summed E-state index contributed by atoms with van der Waals surface area (Å²) in [6.45, 7) is 11.2. The highest BCUT2D eigenvalue weighted by molar-refractivity contribution is 7.13. The fourth-order valence-electron chi connectivity index (χ4n) is 3.18. The van der Waals surface area contributed by atoms with Crippen LogP contribution < -0.4 is 4.74 Å². The third kappa shape index (κ3) is 6.46. The van der Waals surface area contributed by atoms with E-state index < -0.39 is 11.6 Å². The van der Waals surface area contributed by atoms with Crippen molar-refractivity contribution >= 4 is 17.3 Å². The molecule has 0 aliphatic rings. The van der Waals surface area contributed by atoms with Crippen molar-refractivity contribution in [3.63, 3.8) is 0 Å². The minimum Gasteiger partial charge on any atom is -0.493 e. The van der Waals surface area contributed by atoms with Crippen molar-refractivity contribution in [3.05, 3.63) is 95.9 Å². The highest BCUT2D eigenvalue weighted by atomic mass is 32.1. The van der Waals surface area contributed by atoms with E-state index in [4.69, 9.17) is 13.9 Å². The van der Waals surface area contributed by atoms with E-state index in [0.29, 0.717) is 24.7 Å². The summed E-state index contributed by atoms with van der Waals surface area (Å²) in [7, 11) is 0. The van der Waals surface area contributed by atoms with Crippen LogP contribution in [-0.4, -0.2) is 28.3 Å². The molecule has 3 rings (SSSR count). The quantitative estimate of drug-likeness (QED) is 0.261. The van der Waals surface area contributed by atoms with Crippen molar-refractivity contribution in [2.75, 3.05) is 6.61 Å². The second-order valence-electron chi connectivity index (χ2n) is 7.62. The molecule has 7 heteroatoms. The zero-order valence-corrected chi connectivity index (χ0v) is 19.6. The first kappa shape index (κ1) is 24.1. The van der Waals surface area contributed by atoms with Crippen LogP contribution in [0, 0.1) is 6.92 Å². The predicted octanol–water partition coefficient (Wildman–Crippen LogP) is 5.99. The van der Waals surface area contributed by atoms with Crippen molar-refractivity contribution in [3.8, 4) is 16.5 Å². The minimum atomic E-state index is -1.45. The van der Waals surface area contributed by atoms with Gasteiger partial charge in [0, 0.05) is 12.8 Å². The first-order valence-electron chi connectivity index (χ1n) is 10.4. The molecule has 1 atom stereocenters. The van der Waals surface area contributed by atoms with E-state index in [2.05, 4.69) is 18.1 Å². The molecule has 0 saturated heterocycles. The summed E-state index contributed by atoms with van der Waals surface area (Å²) in [5, 5.41) is 11.7. The third-order valence-electron chi connectivity index (χ3n) is 4.92. The number of aryl methyl sites for hydroxylation is 1. The molecule has 2 heterocycles. The molecule has 0 aliphatic heterocycles. The number of allylic oxidation sites excluding steroid dienone is 3. The van der Waals surface area contributed by atoms with Crippen LogP contribution in [0.1, 0.15) is 23.9 Å². The molecule has 0 fully saturated rings. The summed E-state index contributed by atoms with van der Waals surface area (Å²) < 4.78 is 17.2. The van der Waals surface area contributed by atoms with Crippen LogP contribution in [0.3, 0.4) is 0 Å². The lowest BCUT2D eigenvalue weighted by Gasteiger charge is -2.26. The molecule has 0 saturated carbocycles. The van der Waals surface area contributed by atoms with Gasteiger partial charge in [-0.2, -0.15) is 0 Å². The van der Waals surface area contributed by atoms with Crippen LogP contribution in [0.15, 0.2) is 83.3 Å². The Balaban J connectivity index is 1.56. The van der Waals surface area contributed by atoms with Gasteiger partial charge in [-0.15, -0.1) is 11.3 Å². The molecular weight excluding hydrogens is 438 g/mol. The normalized spacial score (nSPS) is 12.9. The molecule has 2 aromatic heterocycles. The lowest BCUT2D eigenvalue weighted by Crippen LogP contribution is -2.40. The summed E-state index contributed by atoms with van der Waals surface area (Å²) >= 11 is 1.59. The maximum absolute atomic E-state index is 11.8. The van der Waals surface area contributed by atoms with Crippen molar-refractivity contribution in [1.29, 1.82) is 0 Å². The highest BCUT2D eigenvalue weighted by Gasteiger charge is 2.36. The molecule has 33 heavy (non-hydrogen) atoms. The fraction of sp³-hybridized carbons (Fsp3) is 0.231. The number of oxazole rings is 1. The second kappa shape index (κ2) is 10.8. The van der Waals surface area contributed by atoms with E-state index in [-0.39, 0.29) is 12.2 Å². The highest BCUT2D eigenvalue weighted by Crippen LogP contribution is 2.26. The van der Waals surface area contributed by atoms with Gasteiger partial charge in [0.15, 0.2) is 0 Å². The molecule has 0 radical (unpaired) electrons. The summed E-state index contributed by atoms with van der Waals surface area (Å²) in [6.07, 6.45) is 5.57. The monoisotopic (exact) mass is 465 g/mol. The summed E-state index contributed by atoms with van der Waals surface area (Å²) in [6, 6.07) is 11.2. The van der Waals surface area contributed by atoms with Gasteiger partial charge in [-0.25, -0.2) is 9.78 Å². The predicted molar refractivity (Wildman–Crippen MR) is 130 cm³/mol. The van der Waals surface area contributed by atoms with E-state index in [0.717, 1.165) is 21.9 Å². The summed E-state index contributed by atoms with van der Waals surface area (Å²) in [5.74, 6) is 1.30. The van der Waals surface area contributed by atoms with Crippen molar-refractivity contribution in [1.82, 2.24) is 4.98 Å². The molecule has 3 aromatic rings. The maximum Gasteiger partial charge on any atom is 0.348 e. The third-order valence-corrected chi connectivity index (χ3v) is 5.78. The van der Waals surface area contributed by atoms with Gasteiger partial charge in [0.2, 0.25) is 11.5 Å². The Morgan fingerprint density at radius 1 is 1.30 bits per heavy atom. The zero-order valence-electron chi connectivity index (χ0n) is 18.7. The number of carbonyl (C=O) groups is 1. The largest absolute Gasteiger partial charge is 0.493 e. The average molecular weight is 466 g/mol. The molecule has 0 bridgehead atoms. The van der Waals surface area contributed by atoms with Crippen LogP contribution in [-0.2, 0) is 22.4 Å². The van der Waals surface area contributed by atoms with E-state index in [1.807, 2.05) is 48.7 Å². The topological polar surface area (TPSA) is 81.8 Å². The van der Waals surface area contributed by atoms with Gasteiger partial charge < -0.3 is 19.0 Å². The standard InChI is InChI=1S/C26H27NO5S/c1-5-6-8-18(2)32-26(4,25(28)29)17-20-10-12-21(13-11-20)30-15-14-22-19(3)31-24(27-22)23-9-7-16-33-23/h5-13,16H,1-2,14-15,17H2,3-4H3,(H,28,29)/b8-6-. The Hall–Kier alpha value is -3.58. The molecule has 1 N–H and O–H groups in total. The molecule has 0 amide bonds. The number of ether oxygens (including phenoxy) is 2. The number of benzene rings is 1. The Labute approximate surface area is 197 Å². The number of hydrogen-bond donors (Lipinski definition) is 1. The fourth-order valence-corrected chi connectivity index (χ4v) is 3.83. The lowest BCUT2D eigenvalue weighted by atomic mass is 9.96. The van der Waals surface area contributed by atoms with Crippen molar-refractivity contribution < 1.29 is 23.8 Å². The zero-order chi connectivity index (χ0) is 23.8. The van der Waals surface area contributed by atoms with Crippen molar-refractivity contribution in [2.45, 2.75) is 32.3 Å². The van der Waals surface area contributed by atoms with Crippen LogP contribution >= 0.6 is 11.3 Å². The Morgan fingerprint density at radius 2 is 2.06 bits per heavy atom. The van der Waals surface area contributed by atoms with E-state index in [9.17, 15) is 9.90 Å². The number of hydrogen-bond acceptors (Lipinski definition) is 6. The molecule has 1 unspecified atom stereocenters. The molecule has 1 aromatic carbocycles. The molecule has 0 aliphatic carbocycles. The second-order valence-corrected chi connectivity index (χ2v) is 8.57. The molecule has 172 valence electrons. The van der Waals surface area contributed by atoms with Gasteiger partial charge in [0.25, 0.3) is 0 Å². The van der Waals surface area contributed by atoms with Gasteiger partial charge in [0.1, 0.15) is 17.3 Å². The smallest absolute Gasteiger partial charge is 0.348 e. The summed E-state index contributed by atoms with van der Waals surface area (Å²) in [4.78, 5) is 17.4. The number of aliphatic carboxylic acids is 1. The van der Waals surface area contributed by atoms with Gasteiger partial charge in [-0.1, -0.05) is 43.5 Å². The lowest BCUT2D eigenvalue weighted by molar-refractivity contribution is -0.158. The van der Waals surface area contributed by atoms with Gasteiger partial charge in [-0.05, 0) is 49.1 Å². The van der Waals surface area contributed by atoms with Crippen LogP contribution in [0.2, 0.25) is 0 Å². The van der Waals surface area contributed by atoms with E-state index >= 15 is 0 Å². The number of carboxylic acid groups (broad SMARTS) is 1. The van der Waals surface area contributed by atoms with Crippen LogP contribution in [0.5, 0.6) is 5.75 Å². The van der Waals surface area contributed by atoms with E-state index in [1.165, 1.54) is 6.92 Å². The van der Waals surface area contributed by atoms with Gasteiger partial charge in [0.05, 0.1) is 17.2 Å². The van der Waals surface area contributed by atoms with Gasteiger partial charge in [-0.3, -0.25) is 0 Å². The first-order valence-corrected chi connectivity index (χ1v) is 11.3. The number of thiophene rings is 1. The number of rotatable bonds is 12. The maximum atomic E-state index is 11.8. The SMILES string of the molecule is C=C/C=C\C(=C)OC(C)(Cc1ccc(OCCc2nc(-c3cccs3)oc2C)cc1)C(=O)O. The molecule has 6 nitrogen and oxygen atoms in total. The molecule has 0 spiro atoms. The van der Waals surface area contributed by atoms with Crippen molar-refractivity contribution in [2.24, 2.45) is 0 Å². The number of aromatic nitrogens is 1.